The summed E-state index contributed by atoms with van der Waals surface area (Å²) in [6, 6.07) is 10.2. The summed E-state index contributed by atoms with van der Waals surface area (Å²) >= 11 is 0. The monoisotopic (exact) mass is 230 g/mol. The summed E-state index contributed by atoms with van der Waals surface area (Å²) in [5.74, 6) is 0.534. The number of rotatable bonds is 4. The van der Waals surface area contributed by atoms with Gasteiger partial charge in [0.05, 0.1) is 6.10 Å². The molecule has 0 amide bonds. The molecule has 1 nitrogen and oxygen atoms in total. The second-order valence-electron chi connectivity index (χ2n) is 5.06. The van der Waals surface area contributed by atoms with Crippen molar-refractivity contribution >= 4 is 0 Å². The number of benzene rings is 1. The predicted octanol–water partition coefficient (Wildman–Crippen LogP) is 3.90. The van der Waals surface area contributed by atoms with Crippen LogP contribution < -0.4 is 0 Å². The zero-order valence-electron chi connectivity index (χ0n) is 10.4. The second-order valence-corrected chi connectivity index (χ2v) is 5.06. The summed E-state index contributed by atoms with van der Waals surface area (Å²) in [5.41, 5.74) is 1.18. The summed E-state index contributed by atoms with van der Waals surface area (Å²) < 4.78 is 0. The third-order valence-electron chi connectivity index (χ3n) is 3.94. The van der Waals surface area contributed by atoms with E-state index in [0.29, 0.717) is 5.92 Å². The molecule has 0 bridgehead atoms. The van der Waals surface area contributed by atoms with E-state index in [-0.39, 0.29) is 12.0 Å². The van der Waals surface area contributed by atoms with E-state index in [0.717, 1.165) is 0 Å². The molecule has 1 aliphatic rings. The van der Waals surface area contributed by atoms with E-state index in [1.165, 1.54) is 37.7 Å². The molecule has 1 fully saturated rings. The Hall–Kier alpha value is -1.08. The lowest BCUT2D eigenvalue weighted by atomic mass is 9.78. The number of aliphatic hydroxyl groups is 1. The summed E-state index contributed by atoms with van der Waals surface area (Å²) in [6.45, 7) is 3.89. The Morgan fingerprint density at radius 1 is 1.12 bits per heavy atom. The first-order chi connectivity index (χ1) is 8.33. The molecule has 1 aliphatic carbocycles. The third-order valence-corrected chi connectivity index (χ3v) is 3.94. The van der Waals surface area contributed by atoms with Crippen molar-refractivity contribution in [2.45, 2.75) is 44.1 Å². The molecular formula is C16H22O. The Kier molecular flexibility index (Phi) is 4.38. The van der Waals surface area contributed by atoms with Crippen LogP contribution in [-0.4, -0.2) is 11.2 Å². The van der Waals surface area contributed by atoms with Crippen LogP contribution in [-0.2, 0) is 0 Å². The first kappa shape index (κ1) is 12.4. The molecule has 1 N–H and O–H groups in total. The van der Waals surface area contributed by atoms with Crippen molar-refractivity contribution in [3.05, 3.63) is 48.6 Å². The average Bonchev–Trinajstić information content (AvgIpc) is 2.42. The van der Waals surface area contributed by atoms with Crippen LogP contribution in [0.5, 0.6) is 0 Å². The van der Waals surface area contributed by atoms with Gasteiger partial charge in [0.1, 0.15) is 0 Å². The molecule has 1 heteroatoms. The van der Waals surface area contributed by atoms with Gasteiger partial charge in [-0.15, -0.1) is 6.58 Å². The molecule has 0 saturated heterocycles. The van der Waals surface area contributed by atoms with Crippen LogP contribution in [0, 0.1) is 5.92 Å². The molecule has 2 rings (SSSR count). The Morgan fingerprint density at radius 3 is 2.35 bits per heavy atom. The van der Waals surface area contributed by atoms with Crippen molar-refractivity contribution in [2.75, 3.05) is 0 Å². The molecule has 0 heterocycles. The quantitative estimate of drug-likeness (QED) is 0.778. The van der Waals surface area contributed by atoms with Gasteiger partial charge in [-0.2, -0.15) is 0 Å². The fourth-order valence-corrected chi connectivity index (χ4v) is 2.92. The van der Waals surface area contributed by atoms with Crippen LogP contribution in [0.25, 0.3) is 0 Å². The van der Waals surface area contributed by atoms with Gasteiger partial charge in [-0.3, -0.25) is 0 Å². The van der Waals surface area contributed by atoms with Crippen molar-refractivity contribution in [2.24, 2.45) is 5.92 Å². The fraction of sp³-hybridized carbons (Fsp3) is 0.500. The first-order valence-electron chi connectivity index (χ1n) is 6.68. The first-order valence-corrected chi connectivity index (χ1v) is 6.68. The van der Waals surface area contributed by atoms with Gasteiger partial charge < -0.3 is 5.11 Å². The van der Waals surface area contributed by atoms with E-state index >= 15 is 0 Å². The maximum Gasteiger partial charge on any atom is 0.0671 e. The molecule has 1 aromatic rings. The molecule has 0 spiro atoms. The Morgan fingerprint density at radius 2 is 1.76 bits per heavy atom. The Labute approximate surface area is 104 Å². The summed E-state index contributed by atoms with van der Waals surface area (Å²) in [4.78, 5) is 0. The van der Waals surface area contributed by atoms with E-state index in [4.69, 9.17) is 0 Å². The van der Waals surface area contributed by atoms with E-state index in [2.05, 4.69) is 18.7 Å². The highest BCUT2D eigenvalue weighted by atomic mass is 16.3. The van der Waals surface area contributed by atoms with Gasteiger partial charge in [-0.25, -0.2) is 0 Å². The standard InChI is InChI=1S/C16H22O/c1-2-15(13-9-5-3-6-10-13)16(17)14-11-7-4-8-12-14/h2-3,5-6,9-10,14-17H,1,4,7-8,11-12H2. The van der Waals surface area contributed by atoms with Gasteiger partial charge in [0, 0.05) is 5.92 Å². The third kappa shape index (κ3) is 2.98. The molecule has 0 aromatic heterocycles. The van der Waals surface area contributed by atoms with Crippen molar-refractivity contribution in [1.82, 2.24) is 0 Å². The van der Waals surface area contributed by atoms with Crippen LogP contribution in [0.15, 0.2) is 43.0 Å². The summed E-state index contributed by atoms with van der Waals surface area (Å²) in [6.07, 6.45) is 7.81. The summed E-state index contributed by atoms with van der Waals surface area (Å²) in [5, 5.41) is 10.5. The molecule has 1 saturated carbocycles. The van der Waals surface area contributed by atoms with Crippen molar-refractivity contribution in [1.29, 1.82) is 0 Å². The number of hydrogen-bond acceptors (Lipinski definition) is 1. The van der Waals surface area contributed by atoms with Crippen molar-refractivity contribution in [3.8, 4) is 0 Å². The number of aliphatic hydroxyl groups excluding tert-OH is 1. The molecule has 0 radical (unpaired) electrons. The highest BCUT2D eigenvalue weighted by Crippen LogP contribution is 2.33. The van der Waals surface area contributed by atoms with Gasteiger partial charge in [0.25, 0.3) is 0 Å². The van der Waals surface area contributed by atoms with Crippen LogP contribution in [0.2, 0.25) is 0 Å². The lowest BCUT2D eigenvalue weighted by molar-refractivity contribution is 0.0726. The van der Waals surface area contributed by atoms with Gasteiger partial charge >= 0.3 is 0 Å². The van der Waals surface area contributed by atoms with E-state index in [1.54, 1.807) is 0 Å². The Balaban J connectivity index is 2.09. The highest BCUT2D eigenvalue weighted by molar-refractivity contribution is 5.24. The predicted molar refractivity (Wildman–Crippen MR) is 72.0 cm³/mol. The van der Waals surface area contributed by atoms with E-state index in [9.17, 15) is 5.11 Å². The van der Waals surface area contributed by atoms with Gasteiger partial charge in [-0.05, 0) is 24.3 Å². The zero-order chi connectivity index (χ0) is 12.1. The van der Waals surface area contributed by atoms with Gasteiger partial charge in [0.15, 0.2) is 0 Å². The van der Waals surface area contributed by atoms with Crippen LogP contribution >= 0.6 is 0 Å². The topological polar surface area (TPSA) is 20.2 Å². The van der Waals surface area contributed by atoms with Crippen LogP contribution in [0.4, 0.5) is 0 Å². The molecule has 2 unspecified atom stereocenters. The Bertz CT molecular complexity index is 338. The van der Waals surface area contributed by atoms with Crippen LogP contribution in [0.1, 0.15) is 43.6 Å². The SMILES string of the molecule is C=CC(c1ccccc1)C(O)C1CCCCC1. The van der Waals surface area contributed by atoms with Gasteiger partial charge in [-0.1, -0.05) is 55.7 Å². The van der Waals surface area contributed by atoms with E-state index in [1.807, 2.05) is 24.3 Å². The summed E-state index contributed by atoms with van der Waals surface area (Å²) in [7, 11) is 0. The molecule has 17 heavy (non-hydrogen) atoms. The van der Waals surface area contributed by atoms with Crippen LogP contribution in [0.3, 0.4) is 0 Å². The maximum absolute atomic E-state index is 10.5. The lowest BCUT2D eigenvalue weighted by Crippen LogP contribution is -2.28. The largest absolute Gasteiger partial charge is 0.392 e. The second kappa shape index (κ2) is 6.02. The lowest BCUT2D eigenvalue weighted by Gasteiger charge is -2.31. The van der Waals surface area contributed by atoms with Crippen molar-refractivity contribution < 1.29 is 5.11 Å². The maximum atomic E-state index is 10.5. The minimum Gasteiger partial charge on any atom is -0.392 e. The van der Waals surface area contributed by atoms with Crippen molar-refractivity contribution in [3.63, 3.8) is 0 Å². The smallest absolute Gasteiger partial charge is 0.0671 e. The van der Waals surface area contributed by atoms with E-state index < -0.39 is 0 Å². The molecule has 2 atom stereocenters. The van der Waals surface area contributed by atoms with Gasteiger partial charge in [0.2, 0.25) is 0 Å². The zero-order valence-corrected chi connectivity index (χ0v) is 10.4. The molecular weight excluding hydrogens is 208 g/mol. The minimum absolute atomic E-state index is 0.0827. The highest BCUT2D eigenvalue weighted by Gasteiger charge is 2.27. The fourth-order valence-electron chi connectivity index (χ4n) is 2.92. The number of hydrogen-bond donors (Lipinski definition) is 1. The minimum atomic E-state index is -0.268. The average molecular weight is 230 g/mol. The molecule has 92 valence electrons. The normalized spacial score (nSPS) is 20.8. The molecule has 0 aliphatic heterocycles. The molecule has 1 aromatic carbocycles.